The Balaban J connectivity index is 2.06. The molecular weight excluding hydrogens is 254 g/mol. The number of hydrogen-bond acceptors (Lipinski definition) is 1. The lowest BCUT2D eigenvalue weighted by Crippen LogP contribution is -2.48. The van der Waals surface area contributed by atoms with Crippen molar-refractivity contribution in [3.05, 3.63) is 57.7 Å². The third-order valence-corrected chi connectivity index (χ3v) is 6.56. The minimum atomic E-state index is 0.252. The Kier molecular flexibility index (Phi) is 2.60. The van der Waals surface area contributed by atoms with Gasteiger partial charge in [-0.1, -0.05) is 24.3 Å². The molecule has 1 aromatic rings. The zero-order valence-corrected chi connectivity index (χ0v) is 13.7. The van der Waals surface area contributed by atoms with E-state index in [1.165, 1.54) is 40.8 Å². The maximum atomic E-state index is 4.21. The average Bonchev–Trinajstić information content (AvgIpc) is 2.73. The van der Waals surface area contributed by atoms with Gasteiger partial charge in [-0.25, -0.2) is 0 Å². The van der Waals surface area contributed by atoms with Gasteiger partial charge in [0.25, 0.3) is 0 Å². The average molecular weight is 279 g/mol. The third-order valence-electron chi connectivity index (χ3n) is 6.56. The van der Waals surface area contributed by atoms with Gasteiger partial charge in [0.05, 0.1) is 0 Å². The highest BCUT2D eigenvalue weighted by molar-refractivity contribution is 5.59. The van der Waals surface area contributed by atoms with E-state index in [2.05, 4.69) is 51.3 Å². The summed E-state index contributed by atoms with van der Waals surface area (Å²) in [6.45, 7) is 15.8. The summed E-state index contributed by atoms with van der Waals surface area (Å²) in [7, 11) is 0. The van der Waals surface area contributed by atoms with Crippen molar-refractivity contribution >= 4 is 0 Å². The summed E-state index contributed by atoms with van der Waals surface area (Å²) in [6, 6.07) is 0.641. The van der Waals surface area contributed by atoms with Crippen LogP contribution in [0.3, 0.4) is 0 Å². The topological polar surface area (TPSA) is 3.24 Å². The van der Waals surface area contributed by atoms with E-state index < -0.39 is 0 Å². The zero-order chi connectivity index (χ0) is 14.9. The van der Waals surface area contributed by atoms with Crippen molar-refractivity contribution in [2.45, 2.75) is 58.5 Å². The van der Waals surface area contributed by atoms with E-state index in [1.807, 2.05) is 0 Å². The molecule has 2 heterocycles. The van der Waals surface area contributed by atoms with Crippen LogP contribution in [0.2, 0.25) is 0 Å². The SMILES string of the molecule is C=C1C=C[C@@]23CCN(Cc4c(C)c(C)c(C)c(C)c42)C3C1. The Bertz CT molecular complexity index is 695. The van der Waals surface area contributed by atoms with Crippen molar-refractivity contribution in [1.29, 1.82) is 0 Å². The molecule has 1 aromatic carbocycles. The lowest BCUT2D eigenvalue weighted by Gasteiger charge is -2.46. The van der Waals surface area contributed by atoms with Crippen LogP contribution in [0.25, 0.3) is 0 Å². The first kappa shape index (κ1) is 13.3. The predicted octanol–water partition coefficient (Wildman–Crippen LogP) is 4.26. The number of rotatable bonds is 0. The fourth-order valence-electron chi connectivity index (χ4n) is 5.05. The van der Waals surface area contributed by atoms with Gasteiger partial charge in [-0.15, -0.1) is 0 Å². The van der Waals surface area contributed by atoms with E-state index >= 15 is 0 Å². The molecular formula is C20H25N. The van der Waals surface area contributed by atoms with E-state index in [4.69, 9.17) is 0 Å². The highest BCUT2D eigenvalue weighted by Gasteiger charge is 2.53. The summed E-state index contributed by atoms with van der Waals surface area (Å²) in [4.78, 5) is 2.71. The smallest absolute Gasteiger partial charge is 0.0312 e. The molecule has 1 nitrogen and oxygen atoms in total. The molecule has 3 atom stereocenters. The quantitative estimate of drug-likeness (QED) is 0.686. The molecule has 1 fully saturated rings. The number of nitrogens with zero attached hydrogens (tertiary/aromatic N) is 1. The van der Waals surface area contributed by atoms with E-state index in [-0.39, 0.29) is 5.41 Å². The van der Waals surface area contributed by atoms with Crippen molar-refractivity contribution in [3.63, 3.8) is 0 Å². The maximum Gasteiger partial charge on any atom is 0.0312 e. The minimum Gasteiger partial charge on any atom is -0.295 e. The number of benzene rings is 1. The Hall–Kier alpha value is -1.34. The molecule has 0 N–H and O–H groups in total. The Labute approximate surface area is 128 Å². The van der Waals surface area contributed by atoms with Gasteiger partial charge >= 0.3 is 0 Å². The summed E-state index contributed by atoms with van der Waals surface area (Å²) in [5.74, 6) is 0. The molecule has 0 spiro atoms. The lowest BCUT2D eigenvalue weighted by molar-refractivity contribution is 0.192. The third kappa shape index (κ3) is 1.51. The standard InChI is InChI=1S/C20H25N/c1-12-6-7-20-8-9-21(18(20)10-12)11-17-15(4)13(2)14(3)16(5)19(17)20/h6-7,18H,1,8-11H2,2-5H3/t18?,20-/m0/s1. The van der Waals surface area contributed by atoms with Crippen molar-refractivity contribution in [3.8, 4) is 0 Å². The highest BCUT2D eigenvalue weighted by Crippen LogP contribution is 2.53. The van der Waals surface area contributed by atoms with Crippen LogP contribution < -0.4 is 0 Å². The summed E-state index contributed by atoms with van der Waals surface area (Å²) >= 11 is 0. The molecule has 0 aromatic heterocycles. The largest absolute Gasteiger partial charge is 0.295 e. The van der Waals surface area contributed by atoms with Gasteiger partial charge in [0.1, 0.15) is 0 Å². The second-order valence-electron chi connectivity index (χ2n) is 7.33. The molecule has 0 saturated carbocycles. The van der Waals surface area contributed by atoms with Gasteiger partial charge in [-0.2, -0.15) is 0 Å². The van der Waals surface area contributed by atoms with Gasteiger partial charge in [0.15, 0.2) is 0 Å². The summed E-state index contributed by atoms with van der Waals surface area (Å²) in [5.41, 5.74) is 10.9. The molecule has 2 unspecified atom stereocenters. The van der Waals surface area contributed by atoms with Crippen LogP contribution >= 0.6 is 0 Å². The Morgan fingerprint density at radius 1 is 1.10 bits per heavy atom. The Morgan fingerprint density at radius 2 is 1.81 bits per heavy atom. The van der Waals surface area contributed by atoms with Crippen LogP contribution in [-0.2, 0) is 12.0 Å². The molecule has 3 aliphatic rings. The van der Waals surface area contributed by atoms with Gasteiger partial charge in [0, 0.05) is 24.5 Å². The maximum absolute atomic E-state index is 4.21. The zero-order valence-electron chi connectivity index (χ0n) is 13.7. The summed E-state index contributed by atoms with van der Waals surface area (Å²) in [6.07, 6.45) is 7.19. The van der Waals surface area contributed by atoms with E-state index in [1.54, 1.807) is 11.1 Å². The van der Waals surface area contributed by atoms with Crippen LogP contribution in [0.4, 0.5) is 0 Å². The molecule has 110 valence electrons. The minimum absolute atomic E-state index is 0.252. The first-order valence-electron chi connectivity index (χ1n) is 8.16. The molecule has 21 heavy (non-hydrogen) atoms. The second kappa shape index (κ2) is 4.10. The molecule has 0 radical (unpaired) electrons. The van der Waals surface area contributed by atoms with Crippen LogP contribution in [0, 0.1) is 27.7 Å². The van der Waals surface area contributed by atoms with Crippen molar-refractivity contribution < 1.29 is 0 Å². The van der Waals surface area contributed by atoms with Gasteiger partial charge in [0.2, 0.25) is 0 Å². The van der Waals surface area contributed by atoms with Crippen molar-refractivity contribution in [2.75, 3.05) is 6.54 Å². The molecule has 1 aliphatic carbocycles. The molecule has 4 rings (SSSR count). The highest BCUT2D eigenvalue weighted by atomic mass is 15.2. The molecule has 1 saturated heterocycles. The number of allylic oxidation sites excluding steroid dienone is 1. The van der Waals surface area contributed by atoms with Gasteiger partial charge in [-0.05, 0) is 73.9 Å². The monoisotopic (exact) mass is 279 g/mol. The summed E-state index contributed by atoms with van der Waals surface area (Å²) < 4.78 is 0. The van der Waals surface area contributed by atoms with Crippen LogP contribution in [-0.4, -0.2) is 17.5 Å². The number of hydrogen-bond donors (Lipinski definition) is 0. The normalized spacial score (nSPS) is 33.0. The fraction of sp³-hybridized carbons (Fsp3) is 0.500. The second-order valence-corrected chi connectivity index (χ2v) is 7.33. The summed E-state index contributed by atoms with van der Waals surface area (Å²) in [5, 5.41) is 0. The van der Waals surface area contributed by atoms with Crippen LogP contribution in [0.5, 0.6) is 0 Å². The first-order chi connectivity index (χ1) is 9.95. The van der Waals surface area contributed by atoms with E-state index in [9.17, 15) is 0 Å². The van der Waals surface area contributed by atoms with E-state index in [0.717, 1.165) is 13.0 Å². The molecule has 1 heteroatoms. The van der Waals surface area contributed by atoms with Crippen molar-refractivity contribution in [1.82, 2.24) is 4.90 Å². The van der Waals surface area contributed by atoms with Crippen molar-refractivity contribution in [2.24, 2.45) is 0 Å². The molecule has 2 aliphatic heterocycles. The van der Waals surface area contributed by atoms with Gasteiger partial charge in [-0.3, -0.25) is 4.90 Å². The van der Waals surface area contributed by atoms with E-state index in [0.29, 0.717) is 6.04 Å². The first-order valence-corrected chi connectivity index (χ1v) is 8.16. The lowest BCUT2D eigenvalue weighted by atomic mass is 9.63. The van der Waals surface area contributed by atoms with Gasteiger partial charge < -0.3 is 0 Å². The predicted molar refractivity (Wildman–Crippen MR) is 88.8 cm³/mol. The molecule has 0 amide bonds. The van der Waals surface area contributed by atoms with Crippen LogP contribution in [0.15, 0.2) is 24.3 Å². The molecule has 2 bridgehead atoms. The van der Waals surface area contributed by atoms with Crippen LogP contribution in [0.1, 0.15) is 46.2 Å². The fourth-order valence-corrected chi connectivity index (χ4v) is 5.05. The number of fused-ring (bicyclic) bond motifs is 1. The Morgan fingerprint density at radius 3 is 2.57 bits per heavy atom.